The van der Waals surface area contributed by atoms with Crippen LogP contribution in [0.15, 0.2) is 42.9 Å². The Kier molecular flexibility index (Phi) is 10.3. The number of aromatic amines is 1. The number of nitrogens with zero attached hydrogens (tertiary/aromatic N) is 1. The lowest BCUT2D eigenvalue weighted by atomic mass is 10.0. The molecule has 1 heterocycles. The number of aromatic nitrogens is 2. The van der Waals surface area contributed by atoms with Crippen molar-refractivity contribution in [1.29, 1.82) is 0 Å². The molecule has 0 spiro atoms. The normalized spacial score (nSPS) is 15.2. The molecule has 2 aromatic rings. The molecule has 3 amide bonds. The number of hydrogen-bond donors (Lipinski definition) is 8. The minimum Gasteiger partial charge on any atom is -0.480 e. The fourth-order valence-corrected chi connectivity index (χ4v) is 3.17. The first-order valence-electron chi connectivity index (χ1n) is 10.8. The summed E-state index contributed by atoms with van der Waals surface area (Å²) in [5.41, 5.74) is 7.15. The van der Waals surface area contributed by atoms with Crippen molar-refractivity contribution in [2.75, 3.05) is 6.61 Å². The Hall–Kier alpha value is -3.81. The lowest BCUT2D eigenvalue weighted by Crippen LogP contribution is -2.60. The number of rotatable bonds is 13. The van der Waals surface area contributed by atoms with Gasteiger partial charge in [-0.25, -0.2) is 9.78 Å². The van der Waals surface area contributed by atoms with E-state index in [1.54, 1.807) is 30.3 Å². The SMILES string of the molecule is CC(O)C(NC(=O)C(N)Cc1cnc[nH]1)C(=O)NC(Cc1ccccc1)C(=O)NC(CO)C(=O)O. The van der Waals surface area contributed by atoms with E-state index in [-0.39, 0.29) is 12.8 Å². The number of H-pyrrole nitrogens is 1. The monoisotopic (exact) mass is 490 g/mol. The van der Waals surface area contributed by atoms with E-state index in [4.69, 9.17) is 10.8 Å². The van der Waals surface area contributed by atoms with Gasteiger partial charge in [0.25, 0.3) is 0 Å². The van der Waals surface area contributed by atoms with E-state index >= 15 is 0 Å². The molecule has 13 heteroatoms. The third-order valence-electron chi connectivity index (χ3n) is 5.11. The molecule has 0 saturated carbocycles. The van der Waals surface area contributed by atoms with Gasteiger partial charge in [-0.2, -0.15) is 0 Å². The van der Waals surface area contributed by atoms with Gasteiger partial charge >= 0.3 is 5.97 Å². The van der Waals surface area contributed by atoms with Gasteiger partial charge in [0, 0.05) is 24.7 Å². The number of benzene rings is 1. The third-order valence-corrected chi connectivity index (χ3v) is 5.11. The number of aliphatic hydroxyl groups is 2. The molecule has 0 aliphatic heterocycles. The Morgan fingerprint density at radius 3 is 2.20 bits per heavy atom. The summed E-state index contributed by atoms with van der Waals surface area (Å²) < 4.78 is 0. The quantitative estimate of drug-likeness (QED) is 0.148. The van der Waals surface area contributed by atoms with Gasteiger partial charge in [-0.1, -0.05) is 30.3 Å². The van der Waals surface area contributed by atoms with Crippen molar-refractivity contribution in [3.63, 3.8) is 0 Å². The van der Waals surface area contributed by atoms with Gasteiger partial charge in [0.05, 0.1) is 25.1 Å². The van der Waals surface area contributed by atoms with Crippen LogP contribution >= 0.6 is 0 Å². The van der Waals surface area contributed by atoms with Crippen molar-refractivity contribution in [2.24, 2.45) is 5.73 Å². The largest absolute Gasteiger partial charge is 0.480 e. The molecule has 0 fully saturated rings. The summed E-state index contributed by atoms with van der Waals surface area (Å²) in [6.07, 6.45) is 1.67. The number of aliphatic hydroxyl groups excluding tert-OH is 2. The number of carbonyl (C=O) groups excluding carboxylic acids is 3. The van der Waals surface area contributed by atoms with E-state index in [0.717, 1.165) is 0 Å². The van der Waals surface area contributed by atoms with Gasteiger partial charge < -0.3 is 42.0 Å². The third kappa shape index (κ3) is 8.48. The Bertz CT molecular complexity index is 983. The van der Waals surface area contributed by atoms with Crippen molar-refractivity contribution < 1.29 is 34.5 Å². The molecule has 190 valence electrons. The molecular weight excluding hydrogens is 460 g/mol. The molecule has 13 nitrogen and oxygen atoms in total. The fourth-order valence-electron chi connectivity index (χ4n) is 3.17. The summed E-state index contributed by atoms with van der Waals surface area (Å²) in [6.45, 7) is 0.428. The first-order valence-corrected chi connectivity index (χ1v) is 10.8. The number of amides is 3. The maximum atomic E-state index is 13.0. The Morgan fingerprint density at radius 2 is 1.66 bits per heavy atom. The molecular formula is C22H30N6O7. The van der Waals surface area contributed by atoms with Crippen LogP contribution in [0.3, 0.4) is 0 Å². The number of carboxylic acid groups (broad SMARTS) is 1. The summed E-state index contributed by atoms with van der Waals surface area (Å²) >= 11 is 0. The van der Waals surface area contributed by atoms with E-state index in [1.165, 1.54) is 19.4 Å². The molecule has 0 radical (unpaired) electrons. The number of carbonyl (C=O) groups is 4. The van der Waals surface area contributed by atoms with Crippen LogP contribution < -0.4 is 21.7 Å². The molecule has 0 bridgehead atoms. The second-order valence-electron chi connectivity index (χ2n) is 7.95. The molecule has 0 aliphatic carbocycles. The summed E-state index contributed by atoms with van der Waals surface area (Å²) in [7, 11) is 0. The van der Waals surface area contributed by atoms with Crippen molar-refractivity contribution in [1.82, 2.24) is 25.9 Å². The number of imidazole rings is 1. The average Bonchev–Trinajstić information content (AvgIpc) is 3.33. The molecule has 0 saturated heterocycles. The predicted octanol–water partition coefficient (Wildman–Crippen LogP) is -2.57. The molecule has 5 atom stereocenters. The smallest absolute Gasteiger partial charge is 0.328 e. The molecule has 2 rings (SSSR count). The van der Waals surface area contributed by atoms with Crippen LogP contribution in [0.4, 0.5) is 0 Å². The van der Waals surface area contributed by atoms with Crippen LogP contribution in [0.1, 0.15) is 18.2 Å². The molecule has 5 unspecified atom stereocenters. The van der Waals surface area contributed by atoms with E-state index in [0.29, 0.717) is 11.3 Å². The van der Waals surface area contributed by atoms with Crippen LogP contribution in [0, 0.1) is 0 Å². The average molecular weight is 491 g/mol. The van der Waals surface area contributed by atoms with Crippen molar-refractivity contribution >= 4 is 23.7 Å². The zero-order valence-electron chi connectivity index (χ0n) is 19.0. The van der Waals surface area contributed by atoms with Crippen molar-refractivity contribution in [3.8, 4) is 0 Å². The number of nitrogens with two attached hydrogens (primary N) is 1. The van der Waals surface area contributed by atoms with Crippen LogP contribution in [0.25, 0.3) is 0 Å². The maximum absolute atomic E-state index is 13.0. The summed E-state index contributed by atoms with van der Waals surface area (Å²) in [5.74, 6) is -3.91. The molecule has 0 aliphatic rings. The standard InChI is InChI=1S/C22H30N6O7/c1-12(30)18(28-19(31)15(23)8-14-9-24-11-25-14)21(33)26-16(7-13-5-3-2-4-6-13)20(32)27-17(10-29)22(34)35/h2-6,9,11-12,15-18,29-30H,7-8,10,23H2,1H3,(H,24,25)(H,26,33)(H,27,32)(H,28,31)(H,34,35). The summed E-state index contributed by atoms with van der Waals surface area (Å²) in [5, 5.41) is 35.5. The highest BCUT2D eigenvalue weighted by Crippen LogP contribution is 2.06. The number of hydrogen-bond acceptors (Lipinski definition) is 8. The second kappa shape index (κ2) is 13.2. The van der Waals surface area contributed by atoms with Gasteiger partial charge in [0.2, 0.25) is 17.7 Å². The topological polar surface area (TPSA) is 220 Å². The van der Waals surface area contributed by atoms with E-state index < -0.39 is 60.6 Å². The van der Waals surface area contributed by atoms with Crippen LogP contribution in [-0.4, -0.2) is 85.9 Å². The highest BCUT2D eigenvalue weighted by molar-refractivity contribution is 5.94. The van der Waals surface area contributed by atoms with E-state index in [2.05, 4.69) is 25.9 Å². The molecule has 35 heavy (non-hydrogen) atoms. The van der Waals surface area contributed by atoms with Gasteiger partial charge in [-0.15, -0.1) is 0 Å². The molecule has 1 aromatic heterocycles. The minimum atomic E-state index is -1.58. The Balaban J connectivity index is 2.14. The van der Waals surface area contributed by atoms with Crippen LogP contribution in [-0.2, 0) is 32.0 Å². The highest BCUT2D eigenvalue weighted by Gasteiger charge is 2.32. The number of carboxylic acids is 1. The fraction of sp³-hybridized carbons (Fsp3) is 0.409. The van der Waals surface area contributed by atoms with Crippen LogP contribution in [0.2, 0.25) is 0 Å². The van der Waals surface area contributed by atoms with E-state index in [1.807, 2.05) is 0 Å². The number of aliphatic carboxylic acids is 1. The zero-order valence-corrected chi connectivity index (χ0v) is 19.0. The van der Waals surface area contributed by atoms with Crippen molar-refractivity contribution in [3.05, 3.63) is 54.1 Å². The van der Waals surface area contributed by atoms with Crippen LogP contribution in [0.5, 0.6) is 0 Å². The lowest BCUT2D eigenvalue weighted by molar-refractivity contribution is -0.143. The van der Waals surface area contributed by atoms with E-state index in [9.17, 15) is 29.4 Å². The second-order valence-corrected chi connectivity index (χ2v) is 7.95. The summed E-state index contributed by atoms with van der Waals surface area (Å²) in [6, 6.07) is 3.27. The van der Waals surface area contributed by atoms with Gasteiger partial charge in [-0.3, -0.25) is 14.4 Å². The lowest BCUT2D eigenvalue weighted by Gasteiger charge is -2.26. The Labute approximate surface area is 201 Å². The first-order chi connectivity index (χ1) is 16.6. The molecule has 9 N–H and O–H groups in total. The number of nitrogens with one attached hydrogen (secondary N) is 4. The van der Waals surface area contributed by atoms with Gasteiger partial charge in [0.1, 0.15) is 18.1 Å². The summed E-state index contributed by atoms with van der Waals surface area (Å²) in [4.78, 5) is 56.1. The molecule has 1 aromatic carbocycles. The maximum Gasteiger partial charge on any atom is 0.328 e. The van der Waals surface area contributed by atoms with Gasteiger partial charge in [-0.05, 0) is 12.5 Å². The van der Waals surface area contributed by atoms with Gasteiger partial charge in [0.15, 0.2) is 0 Å². The predicted molar refractivity (Wildman–Crippen MR) is 123 cm³/mol. The zero-order chi connectivity index (χ0) is 26.0. The highest BCUT2D eigenvalue weighted by atomic mass is 16.4. The first kappa shape index (κ1) is 27.4. The minimum absolute atomic E-state index is 0.0179. The Morgan fingerprint density at radius 1 is 1.00 bits per heavy atom. The van der Waals surface area contributed by atoms with Crippen molar-refractivity contribution in [2.45, 2.75) is 50.0 Å².